The van der Waals surface area contributed by atoms with Gasteiger partial charge in [-0.25, -0.2) is 0 Å². The van der Waals surface area contributed by atoms with Gasteiger partial charge in [0, 0.05) is 19.6 Å². The highest BCUT2D eigenvalue weighted by Crippen LogP contribution is 2.38. The van der Waals surface area contributed by atoms with Crippen LogP contribution in [0.15, 0.2) is 0 Å². The molecule has 2 rings (SSSR count). The fraction of sp³-hybridized carbons (Fsp3) is 0.938. The van der Waals surface area contributed by atoms with Gasteiger partial charge in [0.25, 0.3) is 0 Å². The van der Waals surface area contributed by atoms with Crippen LogP contribution in [-0.4, -0.2) is 30.4 Å². The lowest BCUT2D eigenvalue weighted by Gasteiger charge is -2.40. The zero-order chi connectivity index (χ0) is 13.7. The average Bonchev–Trinajstić information content (AvgIpc) is 2.75. The third-order valence-electron chi connectivity index (χ3n) is 5.35. The van der Waals surface area contributed by atoms with Crippen molar-refractivity contribution in [2.24, 2.45) is 11.1 Å². The van der Waals surface area contributed by atoms with E-state index >= 15 is 0 Å². The average molecular weight is 266 g/mol. The molecule has 0 radical (unpaired) electrons. The van der Waals surface area contributed by atoms with Crippen molar-refractivity contribution in [1.29, 1.82) is 0 Å². The van der Waals surface area contributed by atoms with Crippen molar-refractivity contribution in [1.82, 2.24) is 4.90 Å². The van der Waals surface area contributed by atoms with Crippen LogP contribution in [0.3, 0.4) is 0 Å². The fourth-order valence-electron chi connectivity index (χ4n) is 3.92. The summed E-state index contributed by atoms with van der Waals surface area (Å²) in [6.45, 7) is 0.531. The predicted octanol–water partition coefficient (Wildman–Crippen LogP) is 3.08. The smallest absolute Gasteiger partial charge is 0.230 e. The number of amides is 1. The molecule has 2 fully saturated rings. The molecule has 3 nitrogen and oxygen atoms in total. The predicted molar refractivity (Wildman–Crippen MR) is 78.8 cm³/mol. The fourth-order valence-corrected chi connectivity index (χ4v) is 3.92. The van der Waals surface area contributed by atoms with E-state index < -0.39 is 0 Å². The van der Waals surface area contributed by atoms with Gasteiger partial charge in [0.2, 0.25) is 5.91 Å². The van der Waals surface area contributed by atoms with E-state index in [1.54, 1.807) is 0 Å². The van der Waals surface area contributed by atoms with E-state index in [1.807, 2.05) is 7.05 Å². The van der Waals surface area contributed by atoms with Crippen LogP contribution < -0.4 is 5.73 Å². The maximum absolute atomic E-state index is 12.9. The van der Waals surface area contributed by atoms with Gasteiger partial charge >= 0.3 is 0 Å². The monoisotopic (exact) mass is 266 g/mol. The molecule has 0 heterocycles. The Labute approximate surface area is 117 Å². The van der Waals surface area contributed by atoms with Gasteiger partial charge in [0.05, 0.1) is 5.41 Å². The van der Waals surface area contributed by atoms with Gasteiger partial charge < -0.3 is 10.6 Å². The molecule has 19 heavy (non-hydrogen) atoms. The number of nitrogens with two attached hydrogens (primary N) is 1. The summed E-state index contributed by atoms with van der Waals surface area (Å²) in [5.74, 6) is 0.335. The highest BCUT2D eigenvalue weighted by atomic mass is 16.2. The molecule has 0 aromatic rings. The first kappa shape index (κ1) is 14.8. The molecule has 0 spiro atoms. The van der Waals surface area contributed by atoms with Gasteiger partial charge in [0.1, 0.15) is 0 Å². The van der Waals surface area contributed by atoms with Crippen LogP contribution in [0.1, 0.15) is 70.6 Å². The lowest BCUT2D eigenvalue weighted by Crippen LogP contribution is -2.50. The van der Waals surface area contributed by atoms with Gasteiger partial charge in [0.15, 0.2) is 0 Å². The van der Waals surface area contributed by atoms with E-state index in [2.05, 4.69) is 4.90 Å². The number of hydrogen-bond donors (Lipinski definition) is 1. The normalized spacial score (nSPS) is 24.7. The summed E-state index contributed by atoms with van der Waals surface area (Å²) < 4.78 is 0. The van der Waals surface area contributed by atoms with Crippen molar-refractivity contribution < 1.29 is 4.79 Å². The Kier molecular flexibility index (Phi) is 5.26. The van der Waals surface area contributed by atoms with E-state index in [0.717, 1.165) is 12.8 Å². The minimum Gasteiger partial charge on any atom is -0.342 e. The maximum atomic E-state index is 12.9. The van der Waals surface area contributed by atoms with Crippen LogP contribution in [0.25, 0.3) is 0 Å². The number of carbonyl (C=O) groups excluding carboxylic acids is 1. The molecule has 0 aliphatic heterocycles. The molecule has 2 N–H and O–H groups in total. The second-order valence-corrected chi connectivity index (χ2v) is 6.61. The molecule has 0 atom stereocenters. The third-order valence-corrected chi connectivity index (χ3v) is 5.35. The Balaban J connectivity index is 2.03. The van der Waals surface area contributed by atoms with Crippen molar-refractivity contribution in [3.8, 4) is 0 Å². The summed E-state index contributed by atoms with van der Waals surface area (Å²) in [7, 11) is 2.02. The summed E-state index contributed by atoms with van der Waals surface area (Å²) in [6, 6.07) is 0.459. The number of nitrogens with zero attached hydrogens (tertiary/aromatic N) is 1. The van der Waals surface area contributed by atoms with E-state index in [0.29, 0.717) is 18.5 Å². The van der Waals surface area contributed by atoms with E-state index in [-0.39, 0.29) is 5.41 Å². The molecule has 3 heteroatoms. The second kappa shape index (κ2) is 6.74. The van der Waals surface area contributed by atoms with Crippen molar-refractivity contribution in [2.75, 3.05) is 13.6 Å². The van der Waals surface area contributed by atoms with E-state index in [9.17, 15) is 4.79 Å². The van der Waals surface area contributed by atoms with Crippen molar-refractivity contribution in [2.45, 2.75) is 76.7 Å². The van der Waals surface area contributed by atoms with Crippen LogP contribution in [0.2, 0.25) is 0 Å². The Morgan fingerprint density at radius 3 is 2.11 bits per heavy atom. The van der Waals surface area contributed by atoms with Gasteiger partial charge in [-0.1, -0.05) is 44.9 Å². The summed E-state index contributed by atoms with van der Waals surface area (Å²) in [6.07, 6.45) is 13.2. The Hall–Kier alpha value is -0.570. The molecule has 2 aliphatic carbocycles. The zero-order valence-electron chi connectivity index (χ0n) is 12.5. The molecular formula is C16H30N2O. The topological polar surface area (TPSA) is 46.3 Å². The second-order valence-electron chi connectivity index (χ2n) is 6.61. The van der Waals surface area contributed by atoms with Crippen molar-refractivity contribution in [3.63, 3.8) is 0 Å². The molecular weight excluding hydrogens is 236 g/mol. The zero-order valence-corrected chi connectivity index (χ0v) is 12.5. The molecule has 0 unspecified atom stereocenters. The van der Waals surface area contributed by atoms with Crippen molar-refractivity contribution >= 4 is 5.91 Å². The molecule has 1 amide bonds. The van der Waals surface area contributed by atoms with Gasteiger partial charge in [-0.15, -0.1) is 0 Å². The highest BCUT2D eigenvalue weighted by Gasteiger charge is 2.41. The minimum atomic E-state index is -0.237. The summed E-state index contributed by atoms with van der Waals surface area (Å²) in [5, 5.41) is 0. The largest absolute Gasteiger partial charge is 0.342 e. The van der Waals surface area contributed by atoms with Crippen LogP contribution in [0.4, 0.5) is 0 Å². The van der Waals surface area contributed by atoms with Crippen LogP contribution >= 0.6 is 0 Å². The quantitative estimate of drug-likeness (QED) is 0.798. The molecule has 0 aromatic carbocycles. The highest BCUT2D eigenvalue weighted by molar-refractivity contribution is 5.83. The first-order valence-corrected chi connectivity index (χ1v) is 8.17. The Morgan fingerprint density at radius 1 is 1.05 bits per heavy atom. The Bertz CT molecular complexity index is 289. The Morgan fingerprint density at radius 2 is 1.58 bits per heavy atom. The van der Waals surface area contributed by atoms with Crippen molar-refractivity contribution in [3.05, 3.63) is 0 Å². The standard InChI is InChI=1S/C16H30N2O/c1-18(14-9-5-2-3-6-10-14)15(19)16(13-17)11-7-4-8-12-16/h14H,2-13,17H2,1H3. The summed E-state index contributed by atoms with van der Waals surface area (Å²) in [5.41, 5.74) is 5.75. The summed E-state index contributed by atoms with van der Waals surface area (Å²) in [4.78, 5) is 15.0. The molecule has 2 saturated carbocycles. The van der Waals surface area contributed by atoms with Crippen LogP contribution in [0.5, 0.6) is 0 Å². The van der Waals surface area contributed by atoms with Gasteiger partial charge in [-0.3, -0.25) is 4.79 Å². The molecule has 110 valence electrons. The van der Waals surface area contributed by atoms with E-state index in [1.165, 1.54) is 57.8 Å². The molecule has 0 saturated heterocycles. The van der Waals surface area contributed by atoms with Gasteiger partial charge in [-0.2, -0.15) is 0 Å². The lowest BCUT2D eigenvalue weighted by atomic mass is 9.73. The number of rotatable bonds is 3. The maximum Gasteiger partial charge on any atom is 0.230 e. The van der Waals surface area contributed by atoms with Crippen LogP contribution in [0, 0.1) is 5.41 Å². The minimum absolute atomic E-state index is 0.237. The third kappa shape index (κ3) is 3.31. The first-order chi connectivity index (χ1) is 9.19. The molecule has 0 aromatic heterocycles. The molecule has 0 bridgehead atoms. The lowest BCUT2D eigenvalue weighted by molar-refractivity contribution is -0.144. The number of hydrogen-bond acceptors (Lipinski definition) is 2. The molecule has 2 aliphatic rings. The summed E-state index contributed by atoms with van der Waals surface area (Å²) >= 11 is 0. The SMILES string of the molecule is CN(C(=O)C1(CN)CCCCC1)C1CCCCCC1. The number of carbonyl (C=O) groups is 1. The van der Waals surface area contributed by atoms with Crippen LogP contribution in [-0.2, 0) is 4.79 Å². The van der Waals surface area contributed by atoms with E-state index in [4.69, 9.17) is 5.73 Å². The van der Waals surface area contributed by atoms with Gasteiger partial charge in [-0.05, 0) is 25.7 Å². The first-order valence-electron chi connectivity index (χ1n) is 8.17.